The van der Waals surface area contributed by atoms with E-state index in [-0.39, 0.29) is 0 Å². The van der Waals surface area contributed by atoms with Crippen LogP contribution in [0.5, 0.6) is 0 Å². The number of benzene rings is 3. The smallest absolute Gasteiger partial charge is 0.300 e. The standard InChI is InChI=1S/C24H20F3N2P/c1-17-6-10-21(11-7-17)30(22-12-8-18(2)9-13-22)23-28-14-15-29(23)20-5-3-4-19(16-20)24(25,26)27/h3-16H,1-2H3. The average Bonchev–Trinajstić information content (AvgIpc) is 3.20. The summed E-state index contributed by atoms with van der Waals surface area (Å²) in [5.74, 6) is 0. The van der Waals surface area contributed by atoms with E-state index in [9.17, 15) is 13.2 Å². The number of nitrogens with zero attached hydrogens (tertiary/aromatic N) is 2. The topological polar surface area (TPSA) is 17.8 Å². The van der Waals surface area contributed by atoms with Crippen molar-refractivity contribution in [3.05, 3.63) is 102 Å². The Morgan fingerprint density at radius 1 is 0.800 bits per heavy atom. The van der Waals surface area contributed by atoms with Crippen molar-refractivity contribution in [1.82, 2.24) is 9.55 Å². The monoisotopic (exact) mass is 424 g/mol. The van der Waals surface area contributed by atoms with Gasteiger partial charge in [0.15, 0.2) is 0 Å². The van der Waals surface area contributed by atoms with Crippen molar-refractivity contribution in [3.63, 3.8) is 0 Å². The highest BCUT2D eigenvalue weighted by Crippen LogP contribution is 2.34. The van der Waals surface area contributed by atoms with Gasteiger partial charge in [0.25, 0.3) is 0 Å². The molecule has 1 aromatic heterocycles. The number of aryl methyl sites for hydroxylation is 2. The highest BCUT2D eigenvalue weighted by molar-refractivity contribution is 7.79. The lowest BCUT2D eigenvalue weighted by Gasteiger charge is -2.20. The summed E-state index contributed by atoms with van der Waals surface area (Å²) in [6, 6.07) is 21.9. The first-order chi connectivity index (χ1) is 14.3. The Balaban J connectivity index is 1.87. The fourth-order valence-electron chi connectivity index (χ4n) is 3.26. The van der Waals surface area contributed by atoms with E-state index in [0.29, 0.717) is 5.69 Å². The van der Waals surface area contributed by atoms with Crippen LogP contribution >= 0.6 is 7.92 Å². The van der Waals surface area contributed by atoms with E-state index in [2.05, 4.69) is 53.5 Å². The third-order valence-corrected chi connectivity index (χ3v) is 7.22. The van der Waals surface area contributed by atoms with E-state index in [4.69, 9.17) is 0 Å². The third kappa shape index (κ3) is 4.17. The van der Waals surface area contributed by atoms with Crippen LogP contribution in [-0.2, 0) is 6.18 Å². The van der Waals surface area contributed by atoms with Gasteiger partial charge >= 0.3 is 6.18 Å². The van der Waals surface area contributed by atoms with E-state index < -0.39 is 19.7 Å². The normalized spacial score (nSPS) is 11.8. The summed E-state index contributed by atoms with van der Waals surface area (Å²) in [5, 5.41) is 2.19. The maximum atomic E-state index is 13.3. The molecule has 30 heavy (non-hydrogen) atoms. The van der Waals surface area contributed by atoms with Gasteiger partial charge in [0, 0.05) is 26.0 Å². The minimum Gasteiger partial charge on any atom is -0.300 e. The van der Waals surface area contributed by atoms with Gasteiger partial charge in [0.2, 0.25) is 0 Å². The molecular weight excluding hydrogens is 404 g/mol. The quantitative estimate of drug-likeness (QED) is 0.409. The molecule has 0 unspecified atom stereocenters. The Morgan fingerprint density at radius 2 is 1.37 bits per heavy atom. The van der Waals surface area contributed by atoms with Gasteiger partial charge < -0.3 is 0 Å². The maximum Gasteiger partial charge on any atom is 0.416 e. The second-order valence-corrected chi connectivity index (χ2v) is 9.26. The molecule has 0 saturated carbocycles. The van der Waals surface area contributed by atoms with Crippen molar-refractivity contribution in [2.45, 2.75) is 20.0 Å². The molecular formula is C24H20F3N2P. The second-order valence-electron chi connectivity index (χ2n) is 7.15. The molecule has 0 saturated heterocycles. The molecule has 0 aliphatic rings. The van der Waals surface area contributed by atoms with Crippen LogP contribution in [-0.4, -0.2) is 9.55 Å². The fraction of sp³-hybridized carbons (Fsp3) is 0.125. The lowest BCUT2D eigenvalue weighted by Crippen LogP contribution is -2.27. The van der Waals surface area contributed by atoms with Crippen molar-refractivity contribution in [3.8, 4) is 5.69 Å². The lowest BCUT2D eigenvalue weighted by atomic mass is 10.2. The first-order valence-electron chi connectivity index (χ1n) is 9.47. The molecule has 0 aliphatic carbocycles. The first kappa shape index (κ1) is 20.4. The Labute approximate surface area is 174 Å². The molecule has 1 heterocycles. The summed E-state index contributed by atoms with van der Waals surface area (Å²) < 4.78 is 41.5. The molecule has 0 amide bonds. The van der Waals surface area contributed by atoms with Gasteiger partial charge in [0.05, 0.1) is 5.56 Å². The van der Waals surface area contributed by atoms with Crippen LogP contribution in [0.25, 0.3) is 5.69 Å². The number of rotatable bonds is 4. The van der Waals surface area contributed by atoms with E-state index >= 15 is 0 Å². The molecule has 0 bridgehead atoms. The molecule has 2 nitrogen and oxygen atoms in total. The predicted octanol–water partition coefficient (Wildman–Crippen LogP) is 5.27. The van der Waals surface area contributed by atoms with Gasteiger partial charge in [-0.25, -0.2) is 4.98 Å². The number of alkyl halides is 3. The number of halogens is 3. The van der Waals surface area contributed by atoms with Gasteiger partial charge in [0.1, 0.15) is 5.57 Å². The minimum absolute atomic E-state index is 0.448. The first-order valence-corrected chi connectivity index (χ1v) is 10.8. The zero-order chi connectivity index (χ0) is 21.3. The Morgan fingerprint density at radius 3 is 1.90 bits per heavy atom. The fourth-order valence-corrected chi connectivity index (χ4v) is 5.50. The van der Waals surface area contributed by atoms with Crippen LogP contribution in [0.3, 0.4) is 0 Å². The van der Waals surface area contributed by atoms with Gasteiger partial charge in [-0.05, 0) is 42.7 Å². The zero-order valence-corrected chi connectivity index (χ0v) is 17.5. The second kappa shape index (κ2) is 8.08. The number of imidazole rings is 1. The molecule has 0 fully saturated rings. The molecule has 0 spiro atoms. The third-order valence-electron chi connectivity index (χ3n) is 4.86. The summed E-state index contributed by atoms with van der Waals surface area (Å²) in [6.07, 6.45) is -1.02. The molecule has 0 N–H and O–H groups in total. The van der Waals surface area contributed by atoms with Crippen molar-refractivity contribution in [1.29, 1.82) is 0 Å². The molecule has 3 aromatic carbocycles. The largest absolute Gasteiger partial charge is 0.416 e. The van der Waals surface area contributed by atoms with Crippen molar-refractivity contribution >= 4 is 24.1 Å². The van der Waals surface area contributed by atoms with Crippen LogP contribution in [0.2, 0.25) is 0 Å². The van der Waals surface area contributed by atoms with Crippen LogP contribution in [0.1, 0.15) is 16.7 Å². The maximum absolute atomic E-state index is 13.3. The zero-order valence-electron chi connectivity index (χ0n) is 16.6. The molecule has 6 heteroatoms. The van der Waals surface area contributed by atoms with Gasteiger partial charge in [-0.15, -0.1) is 0 Å². The minimum atomic E-state index is -4.39. The summed E-state index contributed by atoms with van der Waals surface area (Å²) in [6.45, 7) is 4.06. The Kier molecular flexibility index (Phi) is 5.48. The SMILES string of the molecule is Cc1ccc(P(c2ccc(C)cc2)c2nccn2-c2cccc(C(F)(F)F)c2)cc1. The molecule has 4 aromatic rings. The molecule has 0 radical (unpaired) electrons. The van der Waals surface area contributed by atoms with Gasteiger partial charge in [-0.2, -0.15) is 13.2 Å². The molecule has 0 atom stereocenters. The van der Waals surface area contributed by atoms with E-state index in [1.165, 1.54) is 12.1 Å². The summed E-state index contributed by atoms with van der Waals surface area (Å²) in [5.41, 5.74) is 2.81. The Hall–Kier alpha value is -2.91. The summed E-state index contributed by atoms with van der Waals surface area (Å²) in [7, 11) is -1.05. The number of aromatic nitrogens is 2. The van der Waals surface area contributed by atoms with E-state index in [1.54, 1.807) is 23.0 Å². The molecule has 4 rings (SSSR count). The number of hydrogen-bond donors (Lipinski definition) is 0. The van der Waals surface area contributed by atoms with Crippen molar-refractivity contribution < 1.29 is 13.2 Å². The lowest BCUT2D eigenvalue weighted by molar-refractivity contribution is -0.137. The van der Waals surface area contributed by atoms with Gasteiger partial charge in [-0.3, -0.25) is 4.57 Å². The van der Waals surface area contributed by atoms with Crippen LogP contribution in [0.4, 0.5) is 13.2 Å². The molecule has 152 valence electrons. The Bertz CT molecular complexity index is 1100. The van der Waals surface area contributed by atoms with Crippen LogP contribution in [0.15, 0.2) is 85.2 Å². The highest BCUT2D eigenvalue weighted by atomic mass is 31.1. The van der Waals surface area contributed by atoms with Crippen LogP contribution in [0, 0.1) is 13.8 Å². The van der Waals surface area contributed by atoms with Crippen molar-refractivity contribution in [2.24, 2.45) is 0 Å². The van der Waals surface area contributed by atoms with Crippen LogP contribution < -0.4 is 16.2 Å². The van der Waals surface area contributed by atoms with E-state index in [0.717, 1.165) is 33.4 Å². The predicted molar refractivity (Wildman–Crippen MR) is 117 cm³/mol. The summed E-state index contributed by atoms with van der Waals surface area (Å²) in [4.78, 5) is 4.59. The van der Waals surface area contributed by atoms with Crippen molar-refractivity contribution in [2.75, 3.05) is 0 Å². The van der Waals surface area contributed by atoms with E-state index in [1.807, 2.05) is 13.8 Å². The highest BCUT2D eigenvalue weighted by Gasteiger charge is 2.31. The summed E-state index contributed by atoms with van der Waals surface area (Å²) >= 11 is 0. The molecule has 0 aliphatic heterocycles. The number of hydrogen-bond acceptors (Lipinski definition) is 1. The van der Waals surface area contributed by atoms with Gasteiger partial charge in [-0.1, -0.05) is 65.7 Å². The average molecular weight is 424 g/mol.